The van der Waals surface area contributed by atoms with Gasteiger partial charge in [0, 0.05) is 18.4 Å². The highest BCUT2D eigenvalue weighted by molar-refractivity contribution is 5.75. The van der Waals surface area contributed by atoms with E-state index in [2.05, 4.69) is 14.7 Å². The van der Waals surface area contributed by atoms with E-state index in [9.17, 15) is 9.59 Å². The average molecular weight is 225 g/mol. The first-order valence-corrected chi connectivity index (χ1v) is 4.93. The van der Waals surface area contributed by atoms with Crippen molar-refractivity contribution in [3.63, 3.8) is 0 Å². The van der Waals surface area contributed by atoms with Crippen molar-refractivity contribution in [2.45, 2.75) is 19.9 Å². The van der Waals surface area contributed by atoms with Crippen LogP contribution in [0.15, 0.2) is 17.2 Å². The Labute approximate surface area is 93.3 Å². The molecule has 1 aromatic heterocycles. The van der Waals surface area contributed by atoms with Crippen LogP contribution in [0.3, 0.4) is 0 Å². The first kappa shape index (κ1) is 12.2. The molecule has 6 heteroatoms. The van der Waals surface area contributed by atoms with E-state index in [-0.39, 0.29) is 24.0 Å². The van der Waals surface area contributed by atoms with E-state index in [4.69, 9.17) is 0 Å². The van der Waals surface area contributed by atoms with Crippen LogP contribution in [-0.4, -0.2) is 35.6 Å². The fourth-order valence-electron chi connectivity index (χ4n) is 1.25. The number of nitrogens with one attached hydrogen (secondary N) is 1. The molecule has 1 N–H and O–H groups in total. The van der Waals surface area contributed by atoms with Crippen LogP contribution < -0.4 is 10.5 Å². The van der Waals surface area contributed by atoms with Gasteiger partial charge in [-0.2, -0.15) is 0 Å². The summed E-state index contributed by atoms with van der Waals surface area (Å²) in [5.74, 6) is -0.179. The van der Waals surface area contributed by atoms with Crippen LogP contribution in [0.5, 0.6) is 0 Å². The molecule has 0 fully saturated rings. The lowest BCUT2D eigenvalue weighted by atomic mass is 10.3. The van der Waals surface area contributed by atoms with Gasteiger partial charge in [-0.3, -0.25) is 9.59 Å². The van der Waals surface area contributed by atoms with Gasteiger partial charge in [-0.15, -0.1) is 0 Å². The van der Waals surface area contributed by atoms with Crippen molar-refractivity contribution in [1.29, 1.82) is 0 Å². The third kappa shape index (κ3) is 2.82. The molecule has 0 atom stereocenters. The third-order valence-electron chi connectivity index (χ3n) is 2.11. The van der Waals surface area contributed by atoms with Crippen LogP contribution in [0, 0.1) is 0 Å². The summed E-state index contributed by atoms with van der Waals surface area (Å²) in [5, 5.41) is 0. The molecule has 0 amide bonds. The number of methoxy groups -OCH3 is 1. The Kier molecular flexibility index (Phi) is 4.04. The highest BCUT2D eigenvalue weighted by atomic mass is 16.5. The van der Waals surface area contributed by atoms with Gasteiger partial charge < -0.3 is 14.6 Å². The number of H-pyrrole nitrogens is 1. The van der Waals surface area contributed by atoms with Gasteiger partial charge >= 0.3 is 5.97 Å². The molecule has 0 bridgehead atoms. The average Bonchev–Trinajstić information content (AvgIpc) is 2.26. The number of rotatable bonds is 4. The lowest BCUT2D eigenvalue weighted by molar-refractivity contribution is -0.139. The Balaban J connectivity index is 2.99. The normalized spacial score (nSPS) is 10.2. The molecule has 1 rings (SSSR count). The first-order valence-electron chi connectivity index (χ1n) is 4.93. The van der Waals surface area contributed by atoms with Crippen LogP contribution in [0.2, 0.25) is 0 Å². The SMILES string of the molecule is COC(=O)CN(c1ncc[nH]c1=O)C(C)C. The summed E-state index contributed by atoms with van der Waals surface area (Å²) >= 11 is 0. The lowest BCUT2D eigenvalue weighted by Gasteiger charge is -2.25. The molecular weight excluding hydrogens is 210 g/mol. The van der Waals surface area contributed by atoms with Gasteiger partial charge in [-0.05, 0) is 13.8 Å². The molecule has 0 radical (unpaired) electrons. The van der Waals surface area contributed by atoms with Crippen LogP contribution in [-0.2, 0) is 9.53 Å². The Morgan fingerprint density at radius 1 is 1.62 bits per heavy atom. The number of carbonyl (C=O) groups is 1. The zero-order valence-corrected chi connectivity index (χ0v) is 9.56. The van der Waals surface area contributed by atoms with Crippen molar-refractivity contribution < 1.29 is 9.53 Å². The van der Waals surface area contributed by atoms with Gasteiger partial charge in [-0.1, -0.05) is 0 Å². The van der Waals surface area contributed by atoms with Gasteiger partial charge in [0.2, 0.25) is 0 Å². The van der Waals surface area contributed by atoms with E-state index >= 15 is 0 Å². The smallest absolute Gasteiger partial charge is 0.325 e. The summed E-state index contributed by atoms with van der Waals surface area (Å²) in [6, 6.07) is -0.0184. The van der Waals surface area contributed by atoms with Gasteiger partial charge in [0.25, 0.3) is 5.56 Å². The Bertz CT molecular complexity index is 414. The predicted molar refractivity (Wildman–Crippen MR) is 59.4 cm³/mol. The number of anilines is 1. The largest absolute Gasteiger partial charge is 0.468 e. The minimum atomic E-state index is -0.404. The zero-order chi connectivity index (χ0) is 12.1. The van der Waals surface area contributed by atoms with Gasteiger partial charge in [0.1, 0.15) is 6.54 Å². The van der Waals surface area contributed by atoms with Crippen molar-refractivity contribution in [3.05, 3.63) is 22.7 Å². The summed E-state index contributed by atoms with van der Waals surface area (Å²) in [5.41, 5.74) is -0.319. The number of ether oxygens (including phenoxy) is 1. The van der Waals surface area contributed by atoms with Gasteiger partial charge in [-0.25, -0.2) is 4.98 Å². The second-order valence-corrected chi connectivity index (χ2v) is 3.54. The molecule has 0 aliphatic heterocycles. The summed E-state index contributed by atoms with van der Waals surface area (Å²) in [6.07, 6.45) is 2.92. The molecule has 16 heavy (non-hydrogen) atoms. The molecule has 0 aliphatic rings. The monoisotopic (exact) mass is 225 g/mol. The Morgan fingerprint density at radius 3 is 2.81 bits per heavy atom. The Hall–Kier alpha value is -1.85. The van der Waals surface area contributed by atoms with Crippen LogP contribution in [0.1, 0.15) is 13.8 Å². The van der Waals surface area contributed by atoms with Crippen molar-refractivity contribution in [1.82, 2.24) is 9.97 Å². The maximum absolute atomic E-state index is 11.5. The number of nitrogens with zero attached hydrogens (tertiary/aromatic N) is 2. The second-order valence-electron chi connectivity index (χ2n) is 3.54. The molecule has 0 saturated heterocycles. The van der Waals surface area contributed by atoms with Crippen molar-refractivity contribution in [2.75, 3.05) is 18.6 Å². The van der Waals surface area contributed by atoms with Gasteiger partial charge in [0.15, 0.2) is 5.82 Å². The van der Waals surface area contributed by atoms with Gasteiger partial charge in [0.05, 0.1) is 7.11 Å². The zero-order valence-electron chi connectivity index (χ0n) is 9.56. The molecule has 6 nitrogen and oxygen atoms in total. The third-order valence-corrected chi connectivity index (χ3v) is 2.11. The number of esters is 1. The molecule has 1 aromatic rings. The standard InChI is InChI=1S/C10H15N3O3/c1-7(2)13(6-8(14)16-3)9-10(15)12-5-4-11-9/h4-5,7H,6H2,1-3H3,(H,12,15). The quantitative estimate of drug-likeness (QED) is 0.739. The first-order chi connectivity index (χ1) is 7.56. The number of carbonyl (C=O) groups excluding carboxylic acids is 1. The minimum absolute atomic E-state index is 0.00819. The van der Waals surface area contributed by atoms with E-state index in [1.165, 1.54) is 19.5 Å². The number of aromatic nitrogens is 2. The van der Waals surface area contributed by atoms with E-state index < -0.39 is 5.97 Å². The van der Waals surface area contributed by atoms with E-state index in [1.807, 2.05) is 13.8 Å². The number of aromatic amines is 1. The summed E-state index contributed by atoms with van der Waals surface area (Å²) < 4.78 is 4.57. The second kappa shape index (κ2) is 5.29. The minimum Gasteiger partial charge on any atom is -0.468 e. The maximum Gasteiger partial charge on any atom is 0.325 e. The molecule has 0 aliphatic carbocycles. The van der Waals surface area contributed by atoms with E-state index in [0.717, 1.165) is 0 Å². The van der Waals surface area contributed by atoms with E-state index in [1.54, 1.807) is 4.90 Å². The van der Waals surface area contributed by atoms with E-state index in [0.29, 0.717) is 0 Å². The van der Waals surface area contributed by atoms with Crippen molar-refractivity contribution in [2.24, 2.45) is 0 Å². The van der Waals surface area contributed by atoms with Crippen LogP contribution in [0.4, 0.5) is 5.82 Å². The highest BCUT2D eigenvalue weighted by Crippen LogP contribution is 2.07. The number of hydrogen-bond donors (Lipinski definition) is 1. The molecule has 1 heterocycles. The fourth-order valence-corrected chi connectivity index (χ4v) is 1.25. The van der Waals surface area contributed by atoms with Crippen molar-refractivity contribution >= 4 is 11.8 Å². The fraction of sp³-hybridized carbons (Fsp3) is 0.500. The highest BCUT2D eigenvalue weighted by Gasteiger charge is 2.18. The summed E-state index contributed by atoms with van der Waals surface area (Å²) in [6.45, 7) is 3.75. The van der Waals surface area contributed by atoms with Crippen molar-refractivity contribution in [3.8, 4) is 0 Å². The molecule has 88 valence electrons. The molecule has 0 spiro atoms. The predicted octanol–water partition coefficient (Wildman–Crippen LogP) is 0.158. The Morgan fingerprint density at radius 2 is 2.31 bits per heavy atom. The maximum atomic E-state index is 11.5. The van der Waals surface area contributed by atoms with Crippen LogP contribution in [0.25, 0.3) is 0 Å². The molecule has 0 aromatic carbocycles. The summed E-state index contributed by atoms with van der Waals surface area (Å²) in [7, 11) is 1.31. The molecular formula is C10H15N3O3. The number of hydrogen-bond acceptors (Lipinski definition) is 5. The molecule has 0 unspecified atom stereocenters. The van der Waals surface area contributed by atoms with Crippen LogP contribution >= 0.6 is 0 Å². The lowest BCUT2D eigenvalue weighted by Crippen LogP contribution is -2.40. The topological polar surface area (TPSA) is 75.3 Å². The summed E-state index contributed by atoms with van der Waals surface area (Å²) in [4.78, 5) is 30.8. The molecule has 0 saturated carbocycles.